The van der Waals surface area contributed by atoms with Crippen molar-refractivity contribution in [2.75, 3.05) is 11.9 Å². The van der Waals surface area contributed by atoms with Crippen LogP contribution in [0.25, 0.3) is 0 Å². The fraction of sp³-hybridized carbons (Fsp3) is 0.353. The molecule has 0 aliphatic rings. The lowest BCUT2D eigenvalue weighted by Crippen LogP contribution is -2.46. The number of carbonyl (C=O) groups excluding carboxylic acids is 1. The van der Waals surface area contributed by atoms with E-state index in [0.717, 1.165) is 35.2 Å². The van der Waals surface area contributed by atoms with Crippen molar-refractivity contribution < 1.29 is 41.0 Å². The number of nitrogens with one attached hydrogen (secondary N) is 1. The van der Waals surface area contributed by atoms with Gasteiger partial charge in [0.25, 0.3) is 0 Å². The van der Waals surface area contributed by atoms with Gasteiger partial charge in [-0.05, 0) is 18.2 Å². The topological polar surface area (TPSA) is 100 Å². The van der Waals surface area contributed by atoms with Crippen molar-refractivity contribution in [1.82, 2.24) is 9.55 Å². The highest BCUT2D eigenvalue weighted by Gasteiger charge is 2.58. The number of aryl methyl sites for hydroxylation is 1. The van der Waals surface area contributed by atoms with Gasteiger partial charge in [-0.1, -0.05) is 0 Å². The number of imidazole rings is 1. The number of hydrogen-bond donors (Lipinski definition) is 2. The van der Waals surface area contributed by atoms with Crippen molar-refractivity contribution in [2.45, 2.75) is 24.4 Å². The standard InChI is InChI=1S/C17H14F6N4O3/c1-27-5-4-25-14(27)15(29,17(21,22)23)7-13(28)26-11-2-3-12(10(6-11)8-24)30-9-16(18,19)20/h2-6,29H,7,9H2,1H3,(H,26,28). The maximum atomic E-state index is 13.5. The summed E-state index contributed by atoms with van der Waals surface area (Å²) >= 11 is 0. The Morgan fingerprint density at radius 3 is 2.47 bits per heavy atom. The Morgan fingerprint density at radius 1 is 1.30 bits per heavy atom. The van der Waals surface area contributed by atoms with Gasteiger partial charge in [0.05, 0.1) is 12.0 Å². The summed E-state index contributed by atoms with van der Waals surface area (Å²) < 4.78 is 82.5. The molecule has 0 saturated carbocycles. The minimum atomic E-state index is -5.24. The predicted octanol–water partition coefficient (Wildman–Crippen LogP) is 3.01. The molecule has 1 atom stereocenters. The fourth-order valence-corrected chi connectivity index (χ4v) is 2.49. The van der Waals surface area contributed by atoms with Crippen molar-refractivity contribution in [3.8, 4) is 11.8 Å². The number of carbonyl (C=O) groups is 1. The second-order valence-corrected chi connectivity index (χ2v) is 6.17. The number of benzene rings is 1. The van der Waals surface area contributed by atoms with Gasteiger partial charge in [0, 0.05) is 25.1 Å². The highest BCUT2D eigenvalue weighted by atomic mass is 19.4. The Bertz CT molecular complexity index is 964. The first kappa shape index (κ1) is 23.0. The first-order valence-electron chi connectivity index (χ1n) is 8.07. The molecule has 2 aromatic rings. The van der Waals surface area contributed by atoms with Crippen LogP contribution < -0.4 is 10.1 Å². The Kier molecular flexibility index (Phi) is 6.31. The molecule has 30 heavy (non-hydrogen) atoms. The van der Waals surface area contributed by atoms with Crippen LogP contribution in [0.5, 0.6) is 5.75 Å². The van der Waals surface area contributed by atoms with E-state index in [-0.39, 0.29) is 11.3 Å². The van der Waals surface area contributed by atoms with Gasteiger partial charge in [-0.3, -0.25) is 4.79 Å². The number of rotatable bonds is 6. The molecule has 0 fully saturated rings. The van der Waals surface area contributed by atoms with Crippen molar-refractivity contribution in [3.63, 3.8) is 0 Å². The van der Waals surface area contributed by atoms with E-state index in [4.69, 9.17) is 5.26 Å². The number of amides is 1. The van der Waals surface area contributed by atoms with E-state index in [1.165, 1.54) is 7.05 Å². The summed E-state index contributed by atoms with van der Waals surface area (Å²) in [6.45, 7) is -1.66. The number of halogens is 6. The van der Waals surface area contributed by atoms with E-state index in [1.807, 2.05) is 0 Å². The van der Waals surface area contributed by atoms with Crippen molar-refractivity contribution in [2.24, 2.45) is 7.05 Å². The zero-order valence-electron chi connectivity index (χ0n) is 15.2. The lowest BCUT2D eigenvalue weighted by atomic mass is 9.97. The van der Waals surface area contributed by atoms with Crippen molar-refractivity contribution in [3.05, 3.63) is 42.0 Å². The van der Waals surface area contributed by atoms with Crippen LogP contribution in [0.3, 0.4) is 0 Å². The van der Waals surface area contributed by atoms with Gasteiger partial charge in [0.1, 0.15) is 11.8 Å². The maximum absolute atomic E-state index is 13.5. The molecule has 1 unspecified atom stereocenters. The number of nitriles is 1. The molecule has 1 heterocycles. The number of hydrogen-bond acceptors (Lipinski definition) is 5. The molecular weight excluding hydrogens is 422 g/mol. The molecule has 1 aromatic carbocycles. The number of alkyl halides is 6. The number of aromatic nitrogens is 2. The minimum Gasteiger partial charge on any atom is -0.483 e. The largest absolute Gasteiger partial charge is 0.483 e. The van der Waals surface area contributed by atoms with Gasteiger partial charge in [0.2, 0.25) is 11.5 Å². The molecular formula is C17H14F6N4O3. The molecule has 0 aliphatic carbocycles. The average Bonchev–Trinajstić information content (AvgIpc) is 3.05. The smallest absolute Gasteiger partial charge is 0.425 e. The van der Waals surface area contributed by atoms with Crippen LogP contribution in [0, 0.1) is 11.3 Å². The van der Waals surface area contributed by atoms with Crippen LogP contribution in [0.4, 0.5) is 32.0 Å². The first-order valence-corrected chi connectivity index (χ1v) is 8.07. The molecule has 0 bridgehead atoms. The third-order valence-electron chi connectivity index (χ3n) is 3.85. The highest BCUT2D eigenvalue weighted by Crippen LogP contribution is 2.41. The summed E-state index contributed by atoms with van der Waals surface area (Å²) in [7, 11) is 1.20. The molecule has 13 heteroatoms. The zero-order chi connectivity index (χ0) is 22.7. The van der Waals surface area contributed by atoms with Crippen LogP contribution in [-0.2, 0) is 17.4 Å². The zero-order valence-corrected chi connectivity index (χ0v) is 15.2. The Hall–Kier alpha value is -3.27. The van der Waals surface area contributed by atoms with Gasteiger partial charge >= 0.3 is 12.4 Å². The van der Waals surface area contributed by atoms with Gasteiger partial charge < -0.3 is 19.7 Å². The third kappa shape index (κ3) is 5.20. The summed E-state index contributed by atoms with van der Waals surface area (Å²) in [5, 5.41) is 21.3. The van der Waals surface area contributed by atoms with Crippen LogP contribution in [-0.4, -0.2) is 39.5 Å². The summed E-state index contributed by atoms with van der Waals surface area (Å²) in [4.78, 5) is 15.6. The molecule has 2 rings (SSSR count). The molecule has 2 N–H and O–H groups in total. The van der Waals surface area contributed by atoms with Crippen molar-refractivity contribution >= 4 is 11.6 Å². The molecule has 1 amide bonds. The minimum absolute atomic E-state index is 0.180. The molecule has 0 aliphatic heterocycles. The first-order chi connectivity index (χ1) is 13.8. The van der Waals surface area contributed by atoms with Gasteiger partial charge in [-0.15, -0.1) is 0 Å². The van der Waals surface area contributed by atoms with E-state index in [0.29, 0.717) is 0 Å². The van der Waals surface area contributed by atoms with Crippen LogP contribution in [0.2, 0.25) is 0 Å². The maximum Gasteiger partial charge on any atom is 0.425 e. The number of anilines is 1. The van der Waals surface area contributed by atoms with Crippen LogP contribution in [0.15, 0.2) is 30.6 Å². The molecule has 0 spiro atoms. The highest BCUT2D eigenvalue weighted by molar-refractivity contribution is 5.91. The summed E-state index contributed by atoms with van der Waals surface area (Å²) in [5.41, 5.74) is -4.16. The van der Waals surface area contributed by atoms with Gasteiger partial charge in [-0.25, -0.2) is 4.98 Å². The average molecular weight is 436 g/mol. The quantitative estimate of drug-likeness (QED) is 0.679. The summed E-state index contributed by atoms with van der Waals surface area (Å²) in [6.07, 6.45) is -9.16. The fourth-order valence-electron chi connectivity index (χ4n) is 2.49. The second-order valence-electron chi connectivity index (χ2n) is 6.17. The molecule has 162 valence electrons. The summed E-state index contributed by atoms with van der Waals surface area (Å²) in [5.74, 6) is -2.50. The lowest BCUT2D eigenvalue weighted by molar-refractivity contribution is -0.270. The lowest BCUT2D eigenvalue weighted by Gasteiger charge is -2.29. The van der Waals surface area contributed by atoms with Crippen LogP contribution in [0.1, 0.15) is 17.8 Å². The van der Waals surface area contributed by atoms with E-state index >= 15 is 0 Å². The Labute approximate surface area is 165 Å². The summed E-state index contributed by atoms with van der Waals surface area (Å²) in [6, 6.07) is 4.48. The Balaban J connectivity index is 2.21. The van der Waals surface area contributed by atoms with Crippen LogP contribution >= 0.6 is 0 Å². The normalized spacial score (nSPS) is 14.0. The van der Waals surface area contributed by atoms with E-state index in [9.17, 15) is 36.2 Å². The van der Waals surface area contributed by atoms with E-state index in [1.54, 1.807) is 6.07 Å². The monoisotopic (exact) mass is 436 g/mol. The number of nitrogens with zero attached hydrogens (tertiary/aromatic N) is 3. The molecule has 7 nitrogen and oxygen atoms in total. The second kappa shape index (κ2) is 8.23. The van der Waals surface area contributed by atoms with Gasteiger partial charge in [0.15, 0.2) is 12.4 Å². The van der Waals surface area contributed by atoms with Gasteiger partial charge in [-0.2, -0.15) is 31.6 Å². The third-order valence-corrected chi connectivity index (χ3v) is 3.85. The number of ether oxygens (including phenoxy) is 1. The molecule has 0 saturated heterocycles. The predicted molar refractivity (Wildman–Crippen MR) is 89.1 cm³/mol. The Morgan fingerprint density at radius 2 is 1.97 bits per heavy atom. The number of aliphatic hydroxyl groups is 1. The van der Waals surface area contributed by atoms with Crippen molar-refractivity contribution in [1.29, 1.82) is 5.26 Å². The SMILES string of the molecule is Cn1ccnc1C(O)(CC(=O)Nc1ccc(OCC(F)(F)F)c(C#N)c1)C(F)(F)F. The molecule has 1 aromatic heterocycles. The molecule has 0 radical (unpaired) electrons. The van der Waals surface area contributed by atoms with E-state index in [2.05, 4.69) is 15.0 Å². The van der Waals surface area contributed by atoms with E-state index < -0.39 is 48.5 Å².